The molecule has 110 valence electrons. The molecule has 0 heterocycles. The Morgan fingerprint density at radius 3 is 1.15 bits per heavy atom. The molecule has 0 amide bonds. The standard InChI is InChI=1S/C16H26O2Si2/c1-19(2,3)15-9-13-17-11-7-8-12-18-14-10-16-20(4,5)6/h11-14H2,1-6H3. The molecule has 0 bridgehead atoms. The molecule has 4 heteroatoms. The third-order valence-electron chi connectivity index (χ3n) is 1.75. The van der Waals surface area contributed by atoms with Gasteiger partial charge in [-0.15, -0.1) is 11.1 Å². The van der Waals surface area contributed by atoms with Crippen LogP contribution in [0.3, 0.4) is 0 Å². The monoisotopic (exact) mass is 306 g/mol. The quantitative estimate of drug-likeness (QED) is 0.452. The van der Waals surface area contributed by atoms with Gasteiger partial charge in [-0.3, -0.25) is 0 Å². The van der Waals surface area contributed by atoms with E-state index in [0.29, 0.717) is 26.4 Å². The molecule has 0 spiro atoms. The summed E-state index contributed by atoms with van der Waals surface area (Å²) >= 11 is 0. The highest BCUT2D eigenvalue weighted by Gasteiger charge is 2.07. The maximum Gasteiger partial charge on any atom is 0.129 e. The fourth-order valence-corrected chi connectivity index (χ4v) is 2.22. The molecule has 2 nitrogen and oxygen atoms in total. The van der Waals surface area contributed by atoms with Crippen LogP contribution in [0.25, 0.3) is 0 Å². The summed E-state index contributed by atoms with van der Waals surface area (Å²) in [5.41, 5.74) is 6.48. The predicted molar refractivity (Wildman–Crippen MR) is 91.7 cm³/mol. The van der Waals surface area contributed by atoms with Gasteiger partial charge in [-0.1, -0.05) is 63.0 Å². The Hall–Kier alpha value is -0.966. The van der Waals surface area contributed by atoms with Gasteiger partial charge >= 0.3 is 0 Å². The van der Waals surface area contributed by atoms with Crippen LogP contribution in [0.5, 0.6) is 0 Å². The van der Waals surface area contributed by atoms with Gasteiger partial charge in [0.1, 0.15) is 42.6 Å². The van der Waals surface area contributed by atoms with Gasteiger partial charge in [0.25, 0.3) is 0 Å². The molecule has 0 rings (SSSR count). The van der Waals surface area contributed by atoms with E-state index in [4.69, 9.17) is 9.47 Å². The van der Waals surface area contributed by atoms with Crippen LogP contribution in [0.15, 0.2) is 0 Å². The SMILES string of the molecule is C[Si](C)(C)C#CCOCC#CCOCC#C[Si](C)(C)C. The summed E-state index contributed by atoms with van der Waals surface area (Å²) in [5.74, 6) is 11.9. The van der Waals surface area contributed by atoms with Crippen molar-refractivity contribution < 1.29 is 9.47 Å². The van der Waals surface area contributed by atoms with Crippen LogP contribution in [0.1, 0.15) is 0 Å². The van der Waals surface area contributed by atoms with Gasteiger partial charge in [-0.05, 0) is 0 Å². The molecule has 0 aromatic rings. The zero-order chi connectivity index (χ0) is 15.5. The Bertz CT molecular complexity index is 409. The molecule has 0 aromatic carbocycles. The molecular weight excluding hydrogens is 280 g/mol. The fraction of sp³-hybridized carbons (Fsp3) is 0.625. The van der Waals surface area contributed by atoms with Crippen LogP contribution in [-0.4, -0.2) is 42.6 Å². The largest absolute Gasteiger partial charge is 0.356 e. The smallest absolute Gasteiger partial charge is 0.129 e. The van der Waals surface area contributed by atoms with Gasteiger partial charge in [-0.25, -0.2) is 0 Å². The van der Waals surface area contributed by atoms with E-state index in [0.717, 1.165) is 0 Å². The average Bonchev–Trinajstić information content (AvgIpc) is 2.27. The number of rotatable bonds is 4. The van der Waals surface area contributed by atoms with Crippen LogP contribution < -0.4 is 0 Å². The van der Waals surface area contributed by atoms with Crippen molar-refractivity contribution in [3.05, 3.63) is 0 Å². The molecule has 0 aliphatic heterocycles. The molecule has 0 radical (unpaired) electrons. The van der Waals surface area contributed by atoms with Crippen molar-refractivity contribution in [1.29, 1.82) is 0 Å². The Morgan fingerprint density at radius 2 is 0.850 bits per heavy atom. The molecule has 0 fully saturated rings. The zero-order valence-electron chi connectivity index (χ0n) is 13.6. The molecule has 0 atom stereocenters. The third kappa shape index (κ3) is 17.0. The van der Waals surface area contributed by atoms with Gasteiger partial charge in [0, 0.05) is 0 Å². The molecule has 0 aliphatic carbocycles. The van der Waals surface area contributed by atoms with Gasteiger partial charge < -0.3 is 9.47 Å². The van der Waals surface area contributed by atoms with E-state index in [1.54, 1.807) is 0 Å². The second-order valence-electron chi connectivity index (χ2n) is 6.44. The minimum Gasteiger partial charge on any atom is -0.356 e. The summed E-state index contributed by atoms with van der Waals surface area (Å²) in [5, 5.41) is 0. The first-order valence-electron chi connectivity index (χ1n) is 6.82. The van der Waals surface area contributed by atoms with Gasteiger partial charge in [0.15, 0.2) is 0 Å². The van der Waals surface area contributed by atoms with Crippen LogP contribution in [-0.2, 0) is 9.47 Å². The Morgan fingerprint density at radius 1 is 0.550 bits per heavy atom. The first kappa shape index (κ1) is 19.0. The minimum atomic E-state index is -1.27. The van der Waals surface area contributed by atoms with E-state index in [2.05, 4.69) is 74.1 Å². The number of hydrogen-bond donors (Lipinski definition) is 0. The topological polar surface area (TPSA) is 18.5 Å². The van der Waals surface area contributed by atoms with Crippen LogP contribution in [0, 0.1) is 34.8 Å². The number of ether oxygens (including phenoxy) is 2. The molecule has 0 N–H and O–H groups in total. The zero-order valence-corrected chi connectivity index (χ0v) is 15.6. The molecular formula is C16H26O2Si2. The van der Waals surface area contributed by atoms with Gasteiger partial charge in [0.05, 0.1) is 0 Å². The van der Waals surface area contributed by atoms with Gasteiger partial charge in [-0.2, -0.15) is 0 Å². The van der Waals surface area contributed by atoms with E-state index in [-0.39, 0.29) is 0 Å². The van der Waals surface area contributed by atoms with Crippen LogP contribution >= 0.6 is 0 Å². The van der Waals surface area contributed by atoms with E-state index in [1.807, 2.05) is 0 Å². The van der Waals surface area contributed by atoms with Crippen LogP contribution in [0.4, 0.5) is 0 Å². The van der Waals surface area contributed by atoms with Crippen molar-refractivity contribution in [2.75, 3.05) is 26.4 Å². The Balaban J connectivity index is 3.60. The van der Waals surface area contributed by atoms with Crippen molar-refractivity contribution in [2.24, 2.45) is 0 Å². The summed E-state index contributed by atoms with van der Waals surface area (Å²) in [6, 6.07) is 0. The van der Waals surface area contributed by atoms with Crippen LogP contribution in [0.2, 0.25) is 39.3 Å². The first-order valence-corrected chi connectivity index (χ1v) is 13.8. The van der Waals surface area contributed by atoms with Crippen molar-refractivity contribution in [3.63, 3.8) is 0 Å². The predicted octanol–water partition coefficient (Wildman–Crippen LogP) is 2.78. The molecule has 0 saturated heterocycles. The molecule has 0 unspecified atom stereocenters. The van der Waals surface area contributed by atoms with E-state index < -0.39 is 16.1 Å². The lowest BCUT2D eigenvalue weighted by Gasteiger charge is -2.03. The lowest BCUT2D eigenvalue weighted by molar-refractivity contribution is 0.198. The first-order chi connectivity index (χ1) is 9.21. The van der Waals surface area contributed by atoms with Crippen molar-refractivity contribution >= 4 is 16.1 Å². The van der Waals surface area contributed by atoms with Crippen molar-refractivity contribution in [3.8, 4) is 34.8 Å². The lowest BCUT2D eigenvalue weighted by Crippen LogP contribution is -2.16. The Kier molecular flexibility index (Phi) is 9.39. The fourth-order valence-electron chi connectivity index (χ4n) is 1.01. The van der Waals surface area contributed by atoms with E-state index >= 15 is 0 Å². The average molecular weight is 307 g/mol. The second-order valence-corrected chi connectivity index (χ2v) is 15.9. The van der Waals surface area contributed by atoms with E-state index in [1.165, 1.54) is 0 Å². The summed E-state index contributed by atoms with van der Waals surface area (Å²) in [6.07, 6.45) is 0. The molecule has 0 aromatic heterocycles. The summed E-state index contributed by atoms with van der Waals surface area (Å²) in [6.45, 7) is 15.0. The Labute approximate surface area is 126 Å². The van der Waals surface area contributed by atoms with Crippen molar-refractivity contribution in [1.82, 2.24) is 0 Å². The highest BCUT2D eigenvalue weighted by atomic mass is 28.3. The summed E-state index contributed by atoms with van der Waals surface area (Å²) in [4.78, 5) is 0. The maximum absolute atomic E-state index is 5.30. The number of hydrogen-bond acceptors (Lipinski definition) is 2. The minimum absolute atomic E-state index is 0.407. The highest BCUT2D eigenvalue weighted by Crippen LogP contribution is 1.96. The maximum atomic E-state index is 5.30. The van der Waals surface area contributed by atoms with Crippen molar-refractivity contribution in [2.45, 2.75) is 39.3 Å². The second kappa shape index (κ2) is 9.86. The molecule has 0 saturated carbocycles. The molecule has 20 heavy (non-hydrogen) atoms. The highest BCUT2D eigenvalue weighted by molar-refractivity contribution is 6.84. The molecule has 0 aliphatic rings. The third-order valence-corrected chi connectivity index (χ3v) is 3.60. The lowest BCUT2D eigenvalue weighted by atomic mass is 10.6. The normalized spacial score (nSPS) is 10.5. The van der Waals surface area contributed by atoms with Gasteiger partial charge in [0.2, 0.25) is 0 Å². The summed E-state index contributed by atoms with van der Waals surface area (Å²) < 4.78 is 10.6. The summed E-state index contributed by atoms with van der Waals surface area (Å²) in [7, 11) is -2.54. The van der Waals surface area contributed by atoms with E-state index in [9.17, 15) is 0 Å².